The predicted molar refractivity (Wildman–Crippen MR) is 122 cm³/mol. The fourth-order valence-corrected chi connectivity index (χ4v) is 3.33. The molecule has 1 heterocycles. The van der Waals surface area contributed by atoms with Crippen molar-refractivity contribution in [1.29, 1.82) is 0 Å². The van der Waals surface area contributed by atoms with Crippen molar-refractivity contribution < 1.29 is 4.74 Å². The molecule has 0 aliphatic heterocycles. The second-order valence-electron chi connectivity index (χ2n) is 7.14. The molecule has 30 heavy (non-hydrogen) atoms. The second-order valence-corrected chi connectivity index (χ2v) is 7.14. The number of aromatic nitrogens is 2. The highest BCUT2D eigenvalue weighted by atomic mass is 16.5. The number of rotatable bonds is 9. The molecule has 0 atom stereocenters. The third kappa shape index (κ3) is 6.11. The van der Waals surface area contributed by atoms with E-state index in [1.807, 2.05) is 24.5 Å². The van der Waals surface area contributed by atoms with E-state index in [0.29, 0.717) is 6.54 Å². The van der Waals surface area contributed by atoms with E-state index in [1.54, 1.807) is 7.11 Å². The van der Waals surface area contributed by atoms with Gasteiger partial charge < -0.3 is 19.9 Å². The van der Waals surface area contributed by atoms with Crippen LogP contribution in [0.4, 0.5) is 0 Å². The highest BCUT2D eigenvalue weighted by Crippen LogP contribution is 2.19. The van der Waals surface area contributed by atoms with Crippen LogP contribution in [0, 0.1) is 6.92 Å². The van der Waals surface area contributed by atoms with Crippen LogP contribution in [-0.4, -0.2) is 35.7 Å². The normalized spacial score (nSPS) is 11.4. The summed E-state index contributed by atoms with van der Waals surface area (Å²) >= 11 is 0. The number of nitrogens with zero attached hydrogens (tertiary/aromatic N) is 3. The number of hydrogen-bond donors (Lipinski definition) is 2. The van der Waals surface area contributed by atoms with Gasteiger partial charge in [0.25, 0.3) is 0 Å². The van der Waals surface area contributed by atoms with Crippen molar-refractivity contribution in [3.63, 3.8) is 0 Å². The van der Waals surface area contributed by atoms with Gasteiger partial charge in [-0.1, -0.05) is 48.0 Å². The molecule has 0 bridgehead atoms. The molecule has 2 N–H and O–H groups in total. The largest absolute Gasteiger partial charge is 0.496 e. The number of methoxy groups -OCH3 is 1. The van der Waals surface area contributed by atoms with Crippen molar-refractivity contribution in [2.75, 3.05) is 20.2 Å². The number of hydrogen-bond acceptors (Lipinski definition) is 3. The average molecular weight is 406 g/mol. The van der Waals surface area contributed by atoms with E-state index in [2.05, 4.69) is 70.4 Å². The Morgan fingerprint density at radius 3 is 2.73 bits per heavy atom. The lowest BCUT2D eigenvalue weighted by atomic mass is 10.1. The summed E-state index contributed by atoms with van der Waals surface area (Å²) in [5.41, 5.74) is 3.67. The summed E-state index contributed by atoms with van der Waals surface area (Å²) < 4.78 is 7.62. The van der Waals surface area contributed by atoms with Gasteiger partial charge in [-0.15, -0.1) is 0 Å². The SMILES string of the molecule is CCNC(=NCc1nccn1Cc1ccccc1)NCCc1cc(C)ccc1OC. The summed E-state index contributed by atoms with van der Waals surface area (Å²) in [5, 5.41) is 6.73. The van der Waals surface area contributed by atoms with Crippen molar-refractivity contribution in [2.24, 2.45) is 4.99 Å². The average Bonchev–Trinajstić information content (AvgIpc) is 3.20. The zero-order valence-electron chi connectivity index (χ0n) is 18.1. The van der Waals surface area contributed by atoms with Crippen molar-refractivity contribution in [1.82, 2.24) is 20.2 Å². The highest BCUT2D eigenvalue weighted by molar-refractivity contribution is 5.79. The second kappa shape index (κ2) is 11.0. The van der Waals surface area contributed by atoms with Crippen LogP contribution >= 0.6 is 0 Å². The van der Waals surface area contributed by atoms with Crippen LogP contribution in [0.2, 0.25) is 0 Å². The quantitative estimate of drug-likeness (QED) is 0.422. The maximum atomic E-state index is 5.48. The molecule has 3 aromatic rings. The molecule has 158 valence electrons. The van der Waals surface area contributed by atoms with Crippen LogP contribution < -0.4 is 15.4 Å². The monoisotopic (exact) mass is 405 g/mol. The van der Waals surface area contributed by atoms with Crippen LogP contribution in [0.15, 0.2) is 65.9 Å². The molecule has 1 aromatic heterocycles. The van der Waals surface area contributed by atoms with Crippen LogP contribution in [0.5, 0.6) is 5.75 Å². The lowest BCUT2D eigenvalue weighted by molar-refractivity contribution is 0.409. The number of benzene rings is 2. The standard InChI is InChI=1S/C24H31N5O/c1-4-25-24(27-13-12-21-16-19(2)10-11-22(21)30-3)28-17-23-26-14-15-29(23)18-20-8-6-5-7-9-20/h5-11,14-16H,4,12-13,17-18H2,1-3H3,(H2,25,27,28). The zero-order chi connectivity index (χ0) is 21.2. The number of nitrogens with one attached hydrogen (secondary N) is 2. The smallest absolute Gasteiger partial charge is 0.191 e. The highest BCUT2D eigenvalue weighted by Gasteiger charge is 2.06. The molecule has 0 aliphatic rings. The van der Waals surface area contributed by atoms with Gasteiger partial charge in [0, 0.05) is 32.0 Å². The number of aliphatic imine (C=N–C) groups is 1. The Hall–Kier alpha value is -3.28. The third-order valence-corrected chi connectivity index (χ3v) is 4.84. The van der Waals surface area contributed by atoms with E-state index in [1.165, 1.54) is 16.7 Å². The molecule has 0 unspecified atom stereocenters. The van der Waals surface area contributed by atoms with Crippen molar-refractivity contribution in [3.05, 3.63) is 83.4 Å². The molecule has 0 saturated heterocycles. The van der Waals surface area contributed by atoms with Crippen LogP contribution in [-0.2, 0) is 19.5 Å². The van der Waals surface area contributed by atoms with E-state index in [4.69, 9.17) is 9.73 Å². The number of aryl methyl sites for hydroxylation is 1. The Morgan fingerprint density at radius 1 is 1.13 bits per heavy atom. The molecule has 3 rings (SSSR count). The first-order valence-corrected chi connectivity index (χ1v) is 10.4. The van der Waals surface area contributed by atoms with Crippen molar-refractivity contribution in [2.45, 2.75) is 33.4 Å². The maximum Gasteiger partial charge on any atom is 0.191 e. The lowest BCUT2D eigenvalue weighted by Crippen LogP contribution is -2.38. The molecule has 0 saturated carbocycles. The Balaban J connectivity index is 1.60. The molecular weight excluding hydrogens is 374 g/mol. The number of guanidine groups is 1. The minimum absolute atomic E-state index is 0.517. The molecule has 6 heteroatoms. The van der Waals surface area contributed by atoms with Gasteiger partial charge in [0.05, 0.1) is 7.11 Å². The minimum Gasteiger partial charge on any atom is -0.496 e. The van der Waals surface area contributed by atoms with Crippen LogP contribution in [0.1, 0.15) is 29.4 Å². The molecule has 0 aliphatic carbocycles. The van der Waals surface area contributed by atoms with Gasteiger partial charge in [-0.2, -0.15) is 0 Å². The van der Waals surface area contributed by atoms with Crippen LogP contribution in [0.3, 0.4) is 0 Å². The lowest BCUT2D eigenvalue weighted by Gasteiger charge is -2.13. The molecular formula is C24H31N5O. The molecule has 0 radical (unpaired) electrons. The van der Waals surface area contributed by atoms with E-state index in [-0.39, 0.29) is 0 Å². The summed E-state index contributed by atoms with van der Waals surface area (Å²) in [6, 6.07) is 16.7. The summed E-state index contributed by atoms with van der Waals surface area (Å²) in [7, 11) is 1.71. The van der Waals surface area contributed by atoms with Crippen LogP contribution in [0.25, 0.3) is 0 Å². The third-order valence-electron chi connectivity index (χ3n) is 4.84. The van der Waals surface area contributed by atoms with Gasteiger partial charge in [-0.25, -0.2) is 9.98 Å². The first kappa shape index (κ1) is 21.4. The minimum atomic E-state index is 0.517. The number of imidazole rings is 1. The summed E-state index contributed by atoms with van der Waals surface area (Å²) in [6.07, 6.45) is 4.69. The van der Waals surface area contributed by atoms with E-state index >= 15 is 0 Å². The Morgan fingerprint density at radius 2 is 1.97 bits per heavy atom. The molecule has 0 spiro atoms. The molecule has 6 nitrogen and oxygen atoms in total. The Bertz CT molecular complexity index is 949. The van der Waals surface area contributed by atoms with Gasteiger partial charge in [0.2, 0.25) is 0 Å². The van der Waals surface area contributed by atoms with E-state index < -0.39 is 0 Å². The summed E-state index contributed by atoms with van der Waals surface area (Å²) in [6.45, 7) is 7.05. The van der Waals surface area contributed by atoms with E-state index in [9.17, 15) is 0 Å². The Kier molecular flexibility index (Phi) is 7.89. The molecule has 0 fully saturated rings. The van der Waals surface area contributed by atoms with Gasteiger partial charge in [0.1, 0.15) is 18.1 Å². The summed E-state index contributed by atoms with van der Waals surface area (Å²) in [4.78, 5) is 9.22. The predicted octanol–water partition coefficient (Wildman–Crippen LogP) is 3.55. The zero-order valence-corrected chi connectivity index (χ0v) is 18.1. The number of ether oxygens (including phenoxy) is 1. The van der Waals surface area contributed by atoms with Crippen molar-refractivity contribution >= 4 is 5.96 Å². The van der Waals surface area contributed by atoms with Gasteiger partial charge in [-0.05, 0) is 37.5 Å². The van der Waals surface area contributed by atoms with Crippen molar-refractivity contribution in [3.8, 4) is 5.75 Å². The van der Waals surface area contributed by atoms with E-state index in [0.717, 1.165) is 43.6 Å². The first-order chi connectivity index (χ1) is 14.7. The van der Waals surface area contributed by atoms with Gasteiger partial charge in [0.15, 0.2) is 5.96 Å². The fraction of sp³-hybridized carbons (Fsp3) is 0.333. The Labute approximate surface area is 179 Å². The topological polar surface area (TPSA) is 63.5 Å². The fourth-order valence-electron chi connectivity index (χ4n) is 3.33. The first-order valence-electron chi connectivity index (χ1n) is 10.4. The van der Waals surface area contributed by atoms with Gasteiger partial charge in [-0.3, -0.25) is 0 Å². The molecule has 0 amide bonds. The summed E-state index contributed by atoms with van der Waals surface area (Å²) in [5.74, 6) is 2.65. The molecule has 2 aromatic carbocycles. The van der Waals surface area contributed by atoms with Gasteiger partial charge >= 0.3 is 0 Å². The maximum absolute atomic E-state index is 5.48.